The summed E-state index contributed by atoms with van der Waals surface area (Å²) in [7, 11) is 0. The van der Waals surface area contributed by atoms with Gasteiger partial charge in [0.2, 0.25) is 0 Å². The molecule has 0 radical (unpaired) electrons. The van der Waals surface area contributed by atoms with Gasteiger partial charge in [0.05, 0.1) is 12.0 Å². The minimum atomic E-state index is -0.817. The zero-order chi connectivity index (χ0) is 15.2. The number of aliphatic carboxylic acids is 1. The van der Waals surface area contributed by atoms with Gasteiger partial charge in [0, 0.05) is 13.1 Å². The lowest BCUT2D eigenvalue weighted by atomic mass is 9.98. The van der Waals surface area contributed by atoms with Crippen molar-refractivity contribution in [3.05, 3.63) is 35.9 Å². The van der Waals surface area contributed by atoms with Gasteiger partial charge in [-0.05, 0) is 24.8 Å². The van der Waals surface area contributed by atoms with Gasteiger partial charge in [-0.15, -0.1) is 0 Å². The molecule has 1 aromatic rings. The predicted octanol–water partition coefficient (Wildman–Crippen LogP) is 2.64. The van der Waals surface area contributed by atoms with Crippen molar-refractivity contribution in [1.29, 1.82) is 0 Å². The molecule has 2 amide bonds. The number of benzene rings is 1. The van der Waals surface area contributed by atoms with E-state index in [9.17, 15) is 9.59 Å². The number of carbonyl (C=O) groups is 2. The van der Waals surface area contributed by atoms with Gasteiger partial charge >= 0.3 is 12.0 Å². The number of likely N-dealkylation sites (tertiary alicyclic amines) is 1. The highest BCUT2D eigenvalue weighted by Crippen LogP contribution is 2.19. The summed E-state index contributed by atoms with van der Waals surface area (Å²) in [5, 5.41) is 12.1. The second-order valence-corrected chi connectivity index (χ2v) is 5.44. The number of nitrogens with one attached hydrogen (secondary N) is 1. The van der Waals surface area contributed by atoms with E-state index in [0.29, 0.717) is 19.5 Å². The first-order chi connectivity index (χ1) is 10.1. The highest BCUT2D eigenvalue weighted by Gasteiger charge is 2.28. The third-order valence-electron chi connectivity index (χ3n) is 3.97. The molecule has 1 fully saturated rings. The third kappa shape index (κ3) is 3.97. The van der Waals surface area contributed by atoms with Gasteiger partial charge < -0.3 is 15.3 Å². The molecule has 1 unspecified atom stereocenters. The minimum Gasteiger partial charge on any atom is -0.481 e. The highest BCUT2D eigenvalue weighted by atomic mass is 16.4. The molecule has 1 heterocycles. The van der Waals surface area contributed by atoms with Crippen LogP contribution in [-0.2, 0) is 4.79 Å². The first-order valence-electron chi connectivity index (χ1n) is 7.45. The quantitative estimate of drug-likeness (QED) is 0.895. The van der Waals surface area contributed by atoms with Crippen LogP contribution in [0.4, 0.5) is 4.79 Å². The van der Waals surface area contributed by atoms with Crippen LogP contribution in [0.5, 0.6) is 0 Å². The standard InChI is InChI=1S/C16H22N2O3/c1-2-14(12-7-4-3-5-8-12)17-16(21)18-10-6-9-13(11-18)15(19)20/h3-5,7-8,13-14H,2,6,9-11H2,1H3,(H,17,21)(H,19,20)/t13-,14?/m1/s1. The lowest BCUT2D eigenvalue weighted by Crippen LogP contribution is -2.47. The van der Waals surface area contributed by atoms with Gasteiger partial charge in [0.25, 0.3) is 0 Å². The molecule has 5 nitrogen and oxygen atoms in total. The number of piperidine rings is 1. The van der Waals surface area contributed by atoms with Crippen molar-refractivity contribution in [2.45, 2.75) is 32.2 Å². The van der Waals surface area contributed by atoms with Crippen LogP contribution in [0.2, 0.25) is 0 Å². The van der Waals surface area contributed by atoms with E-state index in [2.05, 4.69) is 5.32 Å². The summed E-state index contributed by atoms with van der Waals surface area (Å²) in [5.74, 6) is -1.26. The van der Waals surface area contributed by atoms with E-state index in [1.165, 1.54) is 0 Å². The Morgan fingerprint density at radius 2 is 2.10 bits per heavy atom. The van der Waals surface area contributed by atoms with Crippen LogP contribution < -0.4 is 5.32 Å². The van der Waals surface area contributed by atoms with Crippen LogP contribution in [0.1, 0.15) is 37.8 Å². The van der Waals surface area contributed by atoms with Crippen molar-refractivity contribution < 1.29 is 14.7 Å². The monoisotopic (exact) mass is 290 g/mol. The van der Waals surface area contributed by atoms with Gasteiger partial charge in [-0.2, -0.15) is 0 Å². The fraction of sp³-hybridized carbons (Fsp3) is 0.500. The molecule has 2 atom stereocenters. The molecule has 0 bridgehead atoms. The molecule has 21 heavy (non-hydrogen) atoms. The van der Waals surface area contributed by atoms with Crippen LogP contribution in [0.3, 0.4) is 0 Å². The summed E-state index contributed by atoms with van der Waals surface area (Å²) in [6.45, 7) is 2.95. The van der Waals surface area contributed by atoms with Gasteiger partial charge in [0.1, 0.15) is 0 Å². The second kappa shape index (κ2) is 7.11. The van der Waals surface area contributed by atoms with Crippen molar-refractivity contribution in [2.75, 3.05) is 13.1 Å². The molecule has 0 spiro atoms. The number of nitrogens with zero attached hydrogens (tertiary/aromatic N) is 1. The second-order valence-electron chi connectivity index (χ2n) is 5.44. The highest BCUT2D eigenvalue weighted by molar-refractivity contribution is 5.77. The van der Waals surface area contributed by atoms with Crippen LogP contribution in [0, 0.1) is 5.92 Å². The molecule has 5 heteroatoms. The van der Waals surface area contributed by atoms with Crippen LogP contribution in [0.15, 0.2) is 30.3 Å². The van der Waals surface area contributed by atoms with E-state index in [-0.39, 0.29) is 12.1 Å². The van der Waals surface area contributed by atoms with E-state index >= 15 is 0 Å². The topological polar surface area (TPSA) is 69.6 Å². The fourth-order valence-corrected chi connectivity index (χ4v) is 2.71. The lowest BCUT2D eigenvalue weighted by Gasteiger charge is -2.32. The van der Waals surface area contributed by atoms with E-state index < -0.39 is 11.9 Å². The van der Waals surface area contributed by atoms with Crippen molar-refractivity contribution in [3.63, 3.8) is 0 Å². The number of carboxylic acids is 1. The van der Waals surface area contributed by atoms with Gasteiger partial charge in [-0.1, -0.05) is 37.3 Å². The Kier molecular flexibility index (Phi) is 5.20. The van der Waals surface area contributed by atoms with Crippen molar-refractivity contribution in [3.8, 4) is 0 Å². The predicted molar refractivity (Wildman–Crippen MR) is 79.9 cm³/mol. The number of hydrogen-bond acceptors (Lipinski definition) is 2. The normalized spacial score (nSPS) is 19.9. The number of urea groups is 1. The summed E-state index contributed by atoms with van der Waals surface area (Å²) >= 11 is 0. The number of carbonyl (C=O) groups excluding carboxylic acids is 1. The number of amides is 2. The Morgan fingerprint density at radius 1 is 1.38 bits per heavy atom. The Morgan fingerprint density at radius 3 is 2.71 bits per heavy atom. The zero-order valence-corrected chi connectivity index (χ0v) is 12.3. The largest absolute Gasteiger partial charge is 0.481 e. The van der Waals surface area contributed by atoms with E-state index in [1.807, 2.05) is 37.3 Å². The molecule has 2 rings (SSSR count). The van der Waals surface area contributed by atoms with Crippen LogP contribution in [0.25, 0.3) is 0 Å². The average molecular weight is 290 g/mol. The third-order valence-corrected chi connectivity index (χ3v) is 3.97. The summed E-state index contributed by atoms with van der Waals surface area (Å²) in [6, 6.07) is 9.62. The van der Waals surface area contributed by atoms with Crippen molar-refractivity contribution >= 4 is 12.0 Å². The molecular weight excluding hydrogens is 268 g/mol. The molecular formula is C16H22N2O3. The smallest absolute Gasteiger partial charge is 0.317 e. The number of hydrogen-bond donors (Lipinski definition) is 2. The Bertz CT molecular complexity index is 490. The van der Waals surface area contributed by atoms with Crippen LogP contribution in [-0.4, -0.2) is 35.1 Å². The molecule has 0 aliphatic carbocycles. The molecule has 1 aliphatic heterocycles. The summed E-state index contributed by atoms with van der Waals surface area (Å²) in [6.07, 6.45) is 2.19. The van der Waals surface area contributed by atoms with Crippen LogP contribution >= 0.6 is 0 Å². The maximum atomic E-state index is 12.3. The average Bonchev–Trinajstić information content (AvgIpc) is 2.53. The molecule has 0 saturated carbocycles. The van der Waals surface area contributed by atoms with E-state index in [1.54, 1.807) is 4.90 Å². The molecule has 2 N–H and O–H groups in total. The van der Waals surface area contributed by atoms with Gasteiger partial charge in [-0.25, -0.2) is 4.79 Å². The van der Waals surface area contributed by atoms with Gasteiger partial charge in [-0.3, -0.25) is 4.79 Å². The van der Waals surface area contributed by atoms with E-state index in [4.69, 9.17) is 5.11 Å². The summed E-state index contributed by atoms with van der Waals surface area (Å²) in [4.78, 5) is 25.0. The lowest BCUT2D eigenvalue weighted by molar-refractivity contribution is -0.143. The summed E-state index contributed by atoms with van der Waals surface area (Å²) in [5.41, 5.74) is 1.07. The van der Waals surface area contributed by atoms with E-state index in [0.717, 1.165) is 18.4 Å². The SMILES string of the molecule is CCC(NC(=O)N1CCC[C@@H](C(=O)O)C1)c1ccccc1. The maximum Gasteiger partial charge on any atom is 0.317 e. The van der Waals surface area contributed by atoms with Gasteiger partial charge in [0.15, 0.2) is 0 Å². The minimum absolute atomic E-state index is 0.0381. The molecule has 1 aromatic carbocycles. The van der Waals surface area contributed by atoms with Crippen molar-refractivity contribution in [1.82, 2.24) is 10.2 Å². The molecule has 1 saturated heterocycles. The molecule has 0 aromatic heterocycles. The Balaban J connectivity index is 1.98. The Hall–Kier alpha value is -2.04. The Labute approximate surface area is 125 Å². The first kappa shape index (κ1) is 15.4. The number of rotatable bonds is 4. The fourth-order valence-electron chi connectivity index (χ4n) is 2.71. The molecule has 1 aliphatic rings. The summed E-state index contributed by atoms with van der Waals surface area (Å²) < 4.78 is 0. The molecule has 114 valence electrons. The maximum absolute atomic E-state index is 12.3. The zero-order valence-electron chi connectivity index (χ0n) is 12.3. The van der Waals surface area contributed by atoms with Crippen molar-refractivity contribution in [2.24, 2.45) is 5.92 Å². The first-order valence-corrected chi connectivity index (χ1v) is 7.45. The number of carboxylic acid groups (broad SMARTS) is 1.